The van der Waals surface area contributed by atoms with Gasteiger partial charge in [-0.15, -0.1) is 0 Å². The fourth-order valence-electron chi connectivity index (χ4n) is 6.90. The molecule has 35 nitrogen and oxygen atoms in total. The second-order valence-electron chi connectivity index (χ2n) is 14.7. The van der Waals surface area contributed by atoms with Crippen LogP contribution in [-0.4, -0.2) is 254 Å². The Kier molecular flexibility index (Phi) is 31.2. The summed E-state index contributed by atoms with van der Waals surface area (Å²) in [4.78, 5) is 24.3. The van der Waals surface area contributed by atoms with Gasteiger partial charge in [0.1, 0.15) is 97.5 Å². The van der Waals surface area contributed by atoms with Crippen LogP contribution in [0.15, 0.2) is 0 Å². The molecular formula is C28H44N2Na4O33S4. The van der Waals surface area contributed by atoms with Gasteiger partial charge in [0.2, 0.25) is 53.4 Å². The molecule has 4 saturated heterocycles. The second kappa shape index (κ2) is 30.4. The molecule has 0 spiro atoms. The third-order valence-corrected chi connectivity index (χ3v) is 11.5. The van der Waals surface area contributed by atoms with E-state index in [0.717, 1.165) is 13.8 Å². The number of hydrogen-bond acceptors (Lipinski definition) is 33. The molecule has 0 aliphatic carbocycles. The quantitative estimate of drug-likeness (QED) is 0.0307. The van der Waals surface area contributed by atoms with E-state index in [0.29, 0.717) is 0 Å². The zero-order valence-corrected chi connectivity index (χ0v) is 49.1. The molecule has 20 atom stereocenters. The average molecular weight is 1160 g/mol. The molecule has 20 unspecified atom stereocenters. The van der Waals surface area contributed by atoms with Gasteiger partial charge in [-0.1, -0.05) is 0 Å². The molecule has 0 aromatic carbocycles. The van der Waals surface area contributed by atoms with E-state index in [1.807, 2.05) is 0 Å². The molecule has 4 fully saturated rings. The average Bonchev–Trinajstić information content (AvgIpc) is 3.18. The number of hydrogen-bond donors (Lipinski definition) is 10. The van der Waals surface area contributed by atoms with Gasteiger partial charge in [0, 0.05) is 13.8 Å². The molecule has 2 amide bonds. The van der Waals surface area contributed by atoms with Crippen molar-refractivity contribution in [3.8, 4) is 0 Å². The van der Waals surface area contributed by atoms with Crippen LogP contribution in [0, 0.1) is 0 Å². The first-order valence-corrected chi connectivity index (χ1v) is 24.0. The van der Waals surface area contributed by atoms with Crippen molar-refractivity contribution < 1.29 is 270 Å². The van der Waals surface area contributed by atoms with Gasteiger partial charge in [-0.3, -0.25) is 26.3 Å². The molecule has 4 heterocycles. The Labute approximate surface area is 492 Å². The van der Waals surface area contributed by atoms with Gasteiger partial charge < -0.3 is 103 Å². The molecule has 4 rings (SSSR count). The summed E-state index contributed by atoms with van der Waals surface area (Å²) < 4.78 is 191. The fraction of sp³-hybridized carbons (Fsp3) is 0.929. The van der Waals surface area contributed by atoms with E-state index in [2.05, 4.69) is 27.4 Å². The summed E-state index contributed by atoms with van der Waals surface area (Å²) in [6.07, 6.45) is -41.3. The molecule has 71 heavy (non-hydrogen) atoms. The minimum Gasteiger partial charge on any atom is -0.726 e. The number of nitrogens with one attached hydrogen (secondary N) is 2. The summed E-state index contributed by atoms with van der Waals surface area (Å²) in [5.41, 5.74) is 0. The third-order valence-electron chi connectivity index (χ3n) is 9.80. The molecule has 4 aliphatic rings. The van der Waals surface area contributed by atoms with E-state index < -0.39 is 203 Å². The Morgan fingerprint density at radius 3 is 1.15 bits per heavy atom. The van der Waals surface area contributed by atoms with Crippen LogP contribution in [0.1, 0.15) is 13.8 Å². The molecule has 10 N–H and O–H groups in total. The standard InChI is InChI=1S/C28H48N2O33S4.4Na/c1-7(31)29-13-17(35)22(11(57-25(13)40)5-55-66(47,48)49)62-28-21(39)24(16(34)10(59-28)4-54-65(44,45)46)63-26-14(30-8(2)32)18(36)23(12(60-26)6-56-67(50,51)52)61-27-20(38)19(37)15(33)9(58-27)3-53-64(41,42)43;;;;/h9-28,33-40H,3-6H2,1-2H3,(H,29,31)(H,30,32)(H,41,42,43)(H,44,45,46)(H,47,48,49)(H,50,51,52);;;;/q;4*+1/p-4. The molecule has 0 saturated carbocycles. The summed E-state index contributed by atoms with van der Waals surface area (Å²) >= 11 is 0. The van der Waals surface area contributed by atoms with Crippen LogP contribution in [0.25, 0.3) is 0 Å². The molecule has 0 radical (unpaired) electrons. The molecular weight excluding hydrogens is 1110 g/mol. The number of rotatable bonds is 20. The predicted octanol–water partition coefficient (Wildman–Crippen LogP) is -23.5. The maximum Gasteiger partial charge on any atom is 1.00 e. The number of ether oxygens (including phenoxy) is 7. The summed E-state index contributed by atoms with van der Waals surface area (Å²) in [7, 11) is -22.4. The van der Waals surface area contributed by atoms with Crippen molar-refractivity contribution in [2.24, 2.45) is 0 Å². The maximum atomic E-state index is 12.5. The van der Waals surface area contributed by atoms with Crippen LogP contribution >= 0.6 is 0 Å². The zero-order chi connectivity index (χ0) is 50.7. The van der Waals surface area contributed by atoms with Crippen LogP contribution in [0.4, 0.5) is 0 Å². The first-order chi connectivity index (χ1) is 30.7. The molecule has 43 heteroatoms. The van der Waals surface area contributed by atoms with E-state index in [1.165, 1.54) is 0 Å². The summed E-state index contributed by atoms with van der Waals surface area (Å²) in [5, 5.41) is 91.7. The minimum absolute atomic E-state index is 0. The van der Waals surface area contributed by atoms with Crippen molar-refractivity contribution in [2.75, 3.05) is 26.4 Å². The van der Waals surface area contributed by atoms with Crippen molar-refractivity contribution in [2.45, 2.75) is 137 Å². The predicted molar refractivity (Wildman–Crippen MR) is 191 cm³/mol. The molecule has 0 bridgehead atoms. The van der Waals surface area contributed by atoms with Crippen LogP contribution in [0.5, 0.6) is 0 Å². The molecule has 4 aliphatic heterocycles. The Balaban J connectivity index is 0.0000122. The molecule has 0 aromatic heterocycles. The Morgan fingerprint density at radius 2 is 0.746 bits per heavy atom. The number of carbonyl (C=O) groups is 2. The van der Waals surface area contributed by atoms with Gasteiger partial charge in [-0.25, -0.2) is 33.7 Å². The Morgan fingerprint density at radius 1 is 0.423 bits per heavy atom. The summed E-state index contributed by atoms with van der Waals surface area (Å²) in [5.74, 6) is -1.99. The van der Waals surface area contributed by atoms with Crippen LogP contribution < -0.4 is 129 Å². The van der Waals surface area contributed by atoms with E-state index in [1.54, 1.807) is 0 Å². The van der Waals surface area contributed by atoms with Gasteiger partial charge in [0.05, 0.1) is 26.4 Å². The molecule has 392 valence electrons. The van der Waals surface area contributed by atoms with Crippen LogP contribution in [-0.2, 0) is 101 Å². The van der Waals surface area contributed by atoms with Crippen molar-refractivity contribution in [1.29, 1.82) is 0 Å². The van der Waals surface area contributed by atoms with E-state index >= 15 is 0 Å². The number of aliphatic hydroxyl groups is 8. The van der Waals surface area contributed by atoms with Gasteiger partial charge in [-0.2, -0.15) is 0 Å². The Bertz CT molecular complexity index is 2160. The number of amides is 2. The van der Waals surface area contributed by atoms with E-state index in [4.69, 9.17) is 33.2 Å². The number of aliphatic hydroxyl groups excluding tert-OH is 8. The van der Waals surface area contributed by atoms with E-state index in [-0.39, 0.29) is 118 Å². The Hall–Kier alpha value is 1.82. The smallest absolute Gasteiger partial charge is 0.726 e. The third kappa shape index (κ3) is 22.1. The zero-order valence-electron chi connectivity index (χ0n) is 37.8. The fourth-order valence-corrected chi connectivity index (χ4v) is 8.10. The first-order valence-electron chi connectivity index (χ1n) is 18.6. The second-order valence-corrected chi connectivity index (χ2v) is 18.9. The van der Waals surface area contributed by atoms with E-state index in [9.17, 15) is 102 Å². The SMILES string of the molecule is CC(=O)NC1C(O)OC(COS(=O)(=O)[O-])C(OC2OC(COS(=O)(=O)[O-])C(O)C(OC3OC(COS(=O)(=O)[O-])C(OC4OC(COS(=O)(=O)[O-])C(O)C(O)C4O)C(O)C3NC(C)=O)C2O)C1O.[Na+].[Na+].[Na+].[Na+]. The van der Waals surface area contributed by atoms with Crippen molar-refractivity contribution in [1.82, 2.24) is 10.6 Å². The van der Waals surface area contributed by atoms with Gasteiger partial charge in [0.15, 0.2) is 25.2 Å². The summed E-state index contributed by atoms with van der Waals surface area (Å²) in [6.45, 7) is -3.92. The van der Waals surface area contributed by atoms with Crippen LogP contribution in [0.2, 0.25) is 0 Å². The number of carbonyl (C=O) groups excluding carboxylic acids is 2. The minimum atomic E-state index is -5.70. The van der Waals surface area contributed by atoms with Crippen molar-refractivity contribution >= 4 is 53.4 Å². The summed E-state index contributed by atoms with van der Waals surface area (Å²) in [6, 6.07) is -3.97. The topological polar surface area (TPSA) is 550 Å². The normalized spacial score (nSPS) is 37.9. The van der Waals surface area contributed by atoms with Crippen molar-refractivity contribution in [3.63, 3.8) is 0 Å². The van der Waals surface area contributed by atoms with Gasteiger partial charge in [0.25, 0.3) is 0 Å². The maximum absolute atomic E-state index is 12.5. The van der Waals surface area contributed by atoms with Crippen molar-refractivity contribution in [3.05, 3.63) is 0 Å². The monoisotopic (exact) mass is 1160 g/mol. The van der Waals surface area contributed by atoms with Crippen LogP contribution in [0.3, 0.4) is 0 Å². The first kappa shape index (κ1) is 72.8. The molecule has 0 aromatic rings. The van der Waals surface area contributed by atoms with Gasteiger partial charge >= 0.3 is 118 Å². The van der Waals surface area contributed by atoms with Gasteiger partial charge in [-0.05, 0) is 0 Å². The largest absolute Gasteiger partial charge is 1.00 e.